The molecule has 0 aliphatic rings. The van der Waals surface area contributed by atoms with Crippen molar-refractivity contribution in [3.8, 4) is 5.75 Å². The van der Waals surface area contributed by atoms with Gasteiger partial charge in [0.25, 0.3) is 0 Å². The number of phenolic OH excluding ortho intramolecular Hbond substituents is 1. The van der Waals surface area contributed by atoms with Crippen LogP contribution in [0.2, 0.25) is 0 Å². The van der Waals surface area contributed by atoms with Crippen molar-refractivity contribution in [2.45, 2.75) is 19.5 Å². The monoisotopic (exact) mass is 237 g/mol. The number of benzene rings is 1. The molecule has 0 saturated carbocycles. The molecule has 1 unspecified atom stereocenters. The summed E-state index contributed by atoms with van der Waals surface area (Å²) < 4.78 is 12.8. The minimum Gasteiger partial charge on any atom is -0.508 e. The van der Waals surface area contributed by atoms with Crippen LogP contribution in [0.3, 0.4) is 0 Å². The van der Waals surface area contributed by atoms with E-state index < -0.39 is 5.82 Å². The summed E-state index contributed by atoms with van der Waals surface area (Å²) >= 11 is 0. The molecule has 0 aliphatic heterocycles. The third-order valence-corrected chi connectivity index (χ3v) is 2.41. The van der Waals surface area contributed by atoms with Gasteiger partial charge in [0.2, 0.25) is 0 Å². The van der Waals surface area contributed by atoms with Gasteiger partial charge in [0.05, 0.1) is 6.54 Å². The Morgan fingerprint density at radius 2 is 2.35 bits per heavy atom. The van der Waals surface area contributed by atoms with Crippen molar-refractivity contribution < 1.29 is 9.50 Å². The number of rotatable bonds is 4. The van der Waals surface area contributed by atoms with E-state index >= 15 is 0 Å². The maximum atomic E-state index is 12.8. The predicted octanol–water partition coefficient (Wildman–Crippen LogP) is 0.895. The summed E-state index contributed by atoms with van der Waals surface area (Å²) in [6, 6.07) is 3.79. The van der Waals surface area contributed by atoms with Gasteiger partial charge in [-0.15, -0.1) is 10.2 Å². The standard InChI is InChI=1S/C10H12FN5O/c1-6(12-5-10-13-15-16-14-10)8-3-2-7(11)4-9(8)17/h2-4,6,12,17H,5H2,1H3,(H,13,14,15,16). The summed E-state index contributed by atoms with van der Waals surface area (Å²) in [7, 11) is 0. The highest BCUT2D eigenvalue weighted by Gasteiger charge is 2.11. The van der Waals surface area contributed by atoms with Gasteiger partial charge in [-0.2, -0.15) is 5.21 Å². The molecule has 0 radical (unpaired) electrons. The van der Waals surface area contributed by atoms with Crippen molar-refractivity contribution in [1.29, 1.82) is 0 Å². The van der Waals surface area contributed by atoms with Crippen molar-refractivity contribution in [2.24, 2.45) is 0 Å². The van der Waals surface area contributed by atoms with Crippen molar-refractivity contribution in [1.82, 2.24) is 25.9 Å². The molecule has 1 aromatic heterocycles. The number of halogens is 1. The fraction of sp³-hybridized carbons (Fsp3) is 0.300. The molecular weight excluding hydrogens is 225 g/mol. The highest BCUT2D eigenvalue weighted by molar-refractivity contribution is 5.34. The molecular formula is C10H12FN5O. The second kappa shape index (κ2) is 4.88. The van der Waals surface area contributed by atoms with Crippen LogP contribution in [0.5, 0.6) is 5.75 Å². The Kier molecular flexibility index (Phi) is 3.29. The number of H-pyrrole nitrogens is 1. The molecule has 17 heavy (non-hydrogen) atoms. The summed E-state index contributed by atoms with van der Waals surface area (Å²) in [5.74, 6) is -0.00631. The molecule has 0 saturated heterocycles. The largest absolute Gasteiger partial charge is 0.508 e. The first-order valence-corrected chi connectivity index (χ1v) is 5.11. The Hall–Kier alpha value is -2.02. The average Bonchev–Trinajstić information content (AvgIpc) is 2.78. The lowest BCUT2D eigenvalue weighted by atomic mass is 10.1. The second-order valence-electron chi connectivity index (χ2n) is 3.63. The van der Waals surface area contributed by atoms with Gasteiger partial charge in [-0.3, -0.25) is 0 Å². The molecule has 1 heterocycles. The first-order valence-electron chi connectivity index (χ1n) is 5.11. The molecule has 7 heteroatoms. The molecule has 90 valence electrons. The zero-order valence-corrected chi connectivity index (χ0v) is 9.18. The zero-order chi connectivity index (χ0) is 12.3. The first kappa shape index (κ1) is 11.5. The van der Waals surface area contributed by atoms with Crippen LogP contribution in [0.25, 0.3) is 0 Å². The number of hydrogen-bond acceptors (Lipinski definition) is 5. The quantitative estimate of drug-likeness (QED) is 0.735. The number of tetrazole rings is 1. The van der Waals surface area contributed by atoms with Crippen LogP contribution in [0.1, 0.15) is 24.4 Å². The Morgan fingerprint density at radius 1 is 1.53 bits per heavy atom. The summed E-state index contributed by atoms with van der Waals surface area (Å²) in [4.78, 5) is 0. The summed E-state index contributed by atoms with van der Waals surface area (Å²) in [6.07, 6.45) is 0. The molecule has 6 nitrogen and oxygen atoms in total. The van der Waals surface area contributed by atoms with Crippen molar-refractivity contribution in [3.05, 3.63) is 35.4 Å². The molecule has 1 atom stereocenters. The predicted molar refractivity (Wildman–Crippen MR) is 57.5 cm³/mol. The van der Waals surface area contributed by atoms with Gasteiger partial charge in [0.1, 0.15) is 11.6 Å². The third-order valence-electron chi connectivity index (χ3n) is 2.41. The van der Waals surface area contributed by atoms with Crippen LogP contribution in [-0.4, -0.2) is 25.7 Å². The molecule has 0 bridgehead atoms. The maximum absolute atomic E-state index is 12.8. The van der Waals surface area contributed by atoms with Gasteiger partial charge in [-0.25, -0.2) is 4.39 Å². The molecule has 1 aromatic carbocycles. The van der Waals surface area contributed by atoms with E-state index in [-0.39, 0.29) is 11.8 Å². The number of nitrogens with one attached hydrogen (secondary N) is 2. The van der Waals surface area contributed by atoms with Crippen LogP contribution in [-0.2, 0) is 6.54 Å². The molecule has 3 N–H and O–H groups in total. The Labute approximate surface area is 96.9 Å². The van der Waals surface area contributed by atoms with E-state index in [0.717, 1.165) is 6.07 Å². The molecule has 0 spiro atoms. The lowest BCUT2D eigenvalue weighted by Gasteiger charge is -2.14. The summed E-state index contributed by atoms with van der Waals surface area (Å²) in [5, 5.41) is 26.0. The number of aromatic amines is 1. The number of aromatic hydroxyl groups is 1. The third kappa shape index (κ3) is 2.76. The van der Waals surface area contributed by atoms with Crippen LogP contribution in [0.15, 0.2) is 18.2 Å². The smallest absolute Gasteiger partial charge is 0.188 e. The van der Waals surface area contributed by atoms with Crippen LogP contribution in [0.4, 0.5) is 4.39 Å². The molecule has 0 aliphatic carbocycles. The minimum absolute atomic E-state index is 0.0712. The van der Waals surface area contributed by atoms with E-state index in [1.165, 1.54) is 6.07 Å². The van der Waals surface area contributed by atoms with E-state index in [4.69, 9.17) is 0 Å². The van der Waals surface area contributed by atoms with Crippen molar-refractivity contribution in [2.75, 3.05) is 0 Å². The number of phenols is 1. The highest BCUT2D eigenvalue weighted by atomic mass is 19.1. The normalized spacial score (nSPS) is 12.6. The second-order valence-corrected chi connectivity index (χ2v) is 3.63. The zero-order valence-electron chi connectivity index (χ0n) is 9.18. The molecule has 0 fully saturated rings. The Balaban J connectivity index is 2.01. The van der Waals surface area contributed by atoms with Gasteiger partial charge in [0, 0.05) is 17.7 Å². The van der Waals surface area contributed by atoms with E-state index in [2.05, 4.69) is 25.9 Å². The van der Waals surface area contributed by atoms with E-state index in [9.17, 15) is 9.50 Å². The van der Waals surface area contributed by atoms with Gasteiger partial charge in [-0.1, -0.05) is 11.3 Å². The van der Waals surface area contributed by atoms with Crippen LogP contribution < -0.4 is 5.32 Å². The van der Waals surface area contributed by atoms with Gasteiger partial charge in [0.15, 0.2) is 5.82 Å². The van der Waals surface area contributed by atoms with E-state index in [1.807, 2.05) is 6.92 Å². The van der Waals surface area contributed by atoms with Gasteiger partial charge >= 0.3 is 0 Å². The van der Waals surface area contributed by atoms with Gasteiger partial charge in [-0.05, 0) is 13.0 Å². The number of aromatic nitrogens is 4. The Morgan fingerprint density at radius 3 is 3.00 bits per heavy atom. The minimum atomic E-state index is -0.461. The lowest BCUT2D eigenvalue weighted by Crippen LogP contribution is -2.19. The van der Waals surface area contributed by atoms with E-state index in [0.29, 0.717) is 17.9 Å². The summed E-state index contributed by atoms with van der Waals surface area (Å²) in [6.45, 7) is 2.27. The lowest BCUT2D eigenvalue weighted by molar-refractivity contribution is 0.445. The average molecular weight is 237 g/mol. The number of hydrogen-bond donors (Lipinski definition) is 3. The number of nitrogens with zero attached hydrogens (tertiary/aromatic N) is 3. The first-order chi connectivity index (χ1) is 8.16. The fourth-order valence-corrected chi connectivity index (χ4v) is 1.49. The van der Waals surface area contributed by atoms with Crippen molar-refractivity contribution >= 4 is 0 Å². The highest BCUT2D eigenvalue weighted by Crippen LogP contribution is 2.24. The molecule has 2 rings (SSSR count). The van der Waals surface area contributed by atoms with Crippen LogP contribution >= 0.6 is 0 Å². The van der Waals surface area contributed by atoms with Gasteiger partial charge < -0.3 is 10.4 Å². The Bertz CT molecular complexity index is 487. The SMILES string of the molecule is CC(NCc1nn[nH]n1)c1ccc(F)cc1O. The topological polar surface area (TPSA) is 86.7 Å². The van der Waals surface area contributed by atoms with Crippen LogP contribution in [0, 0.1) is 5.82 Å². The maximum Gasteiger partial charge on any atom is 0.188 e. The van der Waals surface area contributed by atoms with Crippen molar-refractivity contribution in [3.63, 3.8) is 0 Å². The van der Waals surface area contributed by atoms with E-state index in [1.54, 1.807) is 6.07 Å². The molecule has 0 amide bonds. The fourth-order valence-electron chi connectivity index (χ4n) is 1.49. The molecule has 2 aromatic rings. The summed E-state index contributed by atoms with van der Waals surface area (Å²) in [5.41, 5.74) is 0.620.